The maximum Gasteiger partial charge on any atom is 0.128 e. The van der Waals surface area contributed by atoms with Crippen molar-refractivity contribution in [1.82, 2.24) is 4.44 Å². The second kappa shape index (κ2) is 7.36. The zero-order valence-corrected chi connectivity index (χ0v) is 15.0. The Morgan fingerprint density at radius 2 is 2.19 bits per heavy atom. The zero-order chi connectivity index (χ0) is 15.5. The minimum absolute atomic E-state index is 0.0998. The molecule has 0 N–H and O–H groups in total. The molecule has 1 fully saturated rings. The van der Waals surface area contributed by atoms with Gasteiger partial charge in [0.05, 0.1) is 30.6 Å². The largest absolute Gasteiger partial charge is 0.380 e. The molecule has 0 amide bonds. The van der Waals surface area contributed by atoms with Gasteiger partial charge in [0.15, 0.2) is 0 Å². The molecule has 0 saturated carbocycles. The average molecular weight is 344 g/mol. The summed E-state index contributed by atoms with van der Waals surface area (Å²) < 4.78 is 21.9. The summed E-state index contributed by atoms with van der Waals surface area (Å²) >= 11 is 1.58. The lowest BCUT2D eigenvalue weighted by molar-refractivity contribution is 0.142. The van der Waals surface area contributed by atoms with Crippen LogP contribution in [0.25, 0.3) is 0 Å². The van der Waals surface area contributed by atoms with Gasteiger partial charge < -0.3 is 4.74 Å². The molecule has 114 valence electrons. The number of hydrogen-bond donors (Lipinski definition) is 0. The molecule has 5 unspecified atom stereocenters. The van der Waals surface area contributed by atoms with Crippen molar-refractivity contribution in [1.29, 1.82) is 5.26 Å². The number of thioether (sulfide) groups is 1. The Morgan fingerprint density at radius 1 is 1.48 bits per heavy atom. The van der Waals surface area contributed by atoms with Gasteiger partial charge in [-0.3, -0.25) is 4.44 Å². The fourth-order valence-electron chi connectivity index (χ4n) is 2.77. The highest BCUT2D eigenvalue weighted by Crippen LogP contribution is 2.47. The monoisotopic (exact) mass is 344 g/mol. The summed E-state index contributed by atoms with van der Waals surface area (Å²) in [6, 6.07) is 9.01. The average Bonchev–Trinajstić information content (AvgIpc) is 2.93. The first kappa shape index (κ1) is 17.1. The van der Waals surface area contributed by atoms with Crippen molar-refractivity contribution in [2.75, 3.05) is 19.0 Å². The van der Waals surface area contributed by atoms with Crippen LogP contribution in [0.4, 0.5) is 4.39 Å². The van der Waals surface area contributed by atoms with Crippen molar-refractivity contribution in [3.05, 3.63) is 35.6 Å². The molecule has 7 heteroatoms. The quantitative estimate of drug-likeness (QED) is 0.769. The number of nitriles is 1. The molecule has 1 aliphatic rings. The standard InChI is InChI=1S/C14H19FN2OP2S/c1-14(17(19)20,10-4-2-3-5-12(10)15)11-8-18-9-13(11)21-7-6-16/h2-5,11,13H,7-9,19-20H2,1H3. The molecule has 0 aromatic heterocycles. The van der Waals surface area contributed by atoms with E-state index in [1.54, 1.807) is 17.8 Å². The van der Waals surface area contributed by atoms with E-state index in [0.29, 0.717) is 24.5 Å². The van der Waals surface area contributed by atoms with Crippen LogP contribution < -0.4 is 0 Å². The fraction of sp³-hybridized carbons (Fsp3) is 0.500. The smallest absolute Gasteiger partial charge is 0.128 e. The normalized spacial score (nSPS) is 24.8. The predicted octanol–water partition coefficient (Wildman–Crippen LogP) is 3.19. The van der Waals surface area contributed by atoms with Crippen molar-refractivity contribution < 1.29 is 9.13 Å². The molecule has 5 atom stereocenters. The number of rotatable bonds is 5. The van der Waals surface area contributed by atoms with Crippen LogP contribution in [0.2, 0.25) is 0 Å². The second-order valence-corrected chi connectivity index (χ2v) is 8.12. The van der Waals surface area contributed by atoms with Gasteiger partial charge in [-0.05, 0) is 13.0 Å². The summed E-state index contributed by atoms with van der Waals surface area (Å²) in [5.41, 5.74) is 0.109. The van der Waals surface area contributed by atoms with Gasteiger partial charge in [-0.2, -0.15) is 5.26 Å². The third-order valence-electron chi connectivity index (χ3n) is 4.07. The summed E-state index contributed by atoms with van der Waals surface area (Å²) in [7, 11) is 5.23. The molecule has 0 bridgehead atoms. The summed E-state index contributed by atoms with van der Waals surface area (Å²) in [4.78, 5) is 0. The van der Waals surface area contributed by atoms with Crippen LogP contribution in [0.5, 0.6) is 0 Å². The lowest BCUT2D eigenvalue weighted by atomic mass is 9.79. The minimum atomic E-state index is -0.537. The SMILES string of the molecule is CC(c1ccccc1F)(C1COCC1SCC#N)N(P)P. The first-order valence-electron chi connectivity index (χ1n) is 6.62. The molecule has 1 heterocycles. The van der Waals surface area contributed by atoms with Crippen LogP contribution in [-0.4, -0.2) is 28.7 Å². The first-order valence-corrected chi connectivity index (χ1v) is 8.71. The molecule has 1 aliphatic heterocycles. The second-order valence-electron chi connectivity index (χ2n) is 5.19. The number of ether oxygens (including phenoxy) is 1. The van der Waals surface area contributed by atoms with E-state index in [2.05, 4.69) is 24.9 Å². The Labute approximate surface area is 134 Å². The Bertz CT molecular complexity index is 540. The predicted molar refractivity (Wildman–Crippen MR) is 91.2 cm³/mol. The maximum absolute atomic E-state index is 14.3. The number of hydrogen-bond acceptors (Lipinski definition) is 4. The van der Waals surface area contributed by atoms with Crippen molar-refractivity contribution in [3.63, 3.8) is 0 Å². The van der Waals surface area contributed by atoms with Crippen molar-refractivity contribution in [2.45, 2.75) is 17.7 Å². The molecule has 0 radical (unpaired) electrons. The van der Waals surface area contributed by atoms with Gasteiger partial charge in [-0.1, -0.05) is 37.0 Å². The highest BCUT2D eigenvalue weighted by atomic mass is 32.2. The summed E-state index contributed by atoms with van der Waals surface area (Å²) in [5, 5.41) is 8.97. The lowest BCUT2D eigenvalue weighted by Gasteiger charge is -2.43. The van der Waals surface area contributed by atoms with Gasteiger partial charge in [0.2, 0.25) is 0 Å². The Balaban J connectivity index is 2.38. The molecule has 1 aromatic rings. The van der Waals surface area contributed by atoms with Gasteiger partial charge in [-0.25, -0.2) is 4.39 Å². The lowest BCUT2D eigenvalue weighted by Crippen LogP contribution is -2.44. The Kier molecular flexibility index (Phi) is 6.00. The van der Waals surface area contributed by atoms with Crippen LogP contribution in [0.1, 0.15) is 12.5 Å². The number of benzene rings is 1. The van der Waals surface area contributed by atoms with Gasteiger partial charge in [-0.15, -0.1) is 11.8 Å². The molecular formula is C14H19FN2OP2S. The molecule has 1 saturated heterocycles. The van der Waals surface area contributed by atoms with Gasteiger partial charge in [0.25, 0.3) is 0 Å². The molecule has 1 aromatic carbocycles. The van der Waals surface area contributed by atoms with E-state index in [9.17, 15) is 4.39 Å². The van der Waals surface area contributed by atoms with E-state index in [0.717, 1.165) is 0 Å². The number of halogens is 1. The van der Waals surface area contributed by atoms with E-state index in [1.807, 2.05) is 23.5 Å². The summed E-state index contributed by atoms with van der Waals surface area (Å²) in [6.45, 7) is 3.18. The Morgan fingerprint density at radius 3 is 2.81 bits per heavy atom. The van der Waals surface area contributed by atoms with Gasteiger partial charge in [0, 0.05) is 16.7 Å². The zero-order valence-electron chi connectivity index (χ0n) is 11.8. The van der Waals surface area contributed by atoms with Crippen molar-refractivity contribution in [2.24, 2.45) is 5.92 Å². The minimum Gasteiger partial charge on any atom is -0.380 e. The topological polar surface area (TPSA) is 36.3 Å². The fourth-order valence-corrected chi connectivity index (χ4v) is 4.49. The van der Waals surface area contributed by atoms with Gasteiger partial charge >= 0.3 is 0 Å². The molecule has 21 heavy (non-hydrogen) atoms. The van der Waals surface area contributed by atoms with Gasteiger partial charge in [0.1, 0.15) is 5.82 Å². The van der Waals surface area contributed by atoms with Crippen LogP contribution >= 0.6 is 30.5 Å². The van der Waals surface area contributed by atoms with Crippen LogP contribution in [-0.2, 0) is 10.3 Å². The first-order chi connectivity index (χ1) is 10.0. The highest BCUT2D eigenvalue weighted by Gasteiger charge is 2.47. The maximum atomic E-state index is 14.3. The van der Waals surface area contributed by atoms with Crippen LogP contribution in [0.15, 0.2) is 24.3 Å². The summed E-state index contributed by atoms with van der Waals surface area (Å²) in [6.07, 6.45) is 0. The third-order valence-corrected chi connectivity index (χ3v) is 6.33. The highest BCUT2D eigenvalue weighted by molar-refractivity contribution is 8.00. The Hall–Kier alpha value is -0.230. The van der Waals surface area contributed by atoms with E-state index in [1.165, 1.54) is 6.07 Å². The van der Waals surface area contributed by atoms with E-state index in [4.69, 9.17) is 10.00 Å². The van der Waals surface area contributed by atoms with E-state index < -0.39 is 5.54 Å². The molecule has 3 nitrogen and oxygen atoms in total. The summed E-state index contributed by atoms with van der Waals surface area (Å²) in [5.74, 6) is 0.305. The molecular weight excluding hydrogens is 325 g/mol. The van der Waals surface area contributed by atoms with Crippen LogP contribution in [0, 0.1) is 23.1 Å². The third kappa shape index (κ3) is 3.41. The van der Waals surface area contributed by atoms with E-state index in [-0.39, 0.29) is 17.0 Å². The van der Waals surface area contributed by atoms with E-state index >= 15 is 0 Å². The number of nitrogens with zero attached hydrogens (tertiary/aromatic N) is 2. The molecule has 0 spiro atoms. The van der Waals surface area contributed by atoms with Crippen molar-refractivity contribution in [3.8, 4) is 6.07 Å². The molecule has 2 rings (SSSR count). The molecule has 0 aliphatic carbocycles. The van der Waals surface area contributed by atoms with Crippen molar-refractivity contribution >= 4 is 30.5 Å². The van der Waals surface area contributed by atoms with Crippen LogP contribution in [0.3, 0.4) is 0 Å².